The summed E-state index contributed by atoms with van der Waals surface area (Å²) in [6.07, 6.45) is -8.60. The fourth-order valence-corrected chi connectivity index (χ4v) is 4.32. The molecule has 0 saturated carbocycles. The van der Waals surface area contributed by atoms with E-state index in [2.05, 4.69) is 9.68 Å². The first kappa shape index (κ1) is 25.8. The van der Waals surface area contributed by atoms with E-state index in [9.17, 15) is 39.6 Å². The minimum absolute atomic E-state index is 0.0192. The molecule has 0 radical (unpaired) electrons. The fraction of sp³-hybridized carbons (Fsp3) is 0.500. The summed E-state index contributed by atoms with van der Waals surface area (Å²) in [6, 6.07) is 3.64. The highest BCUT2D eigenvalue weighted by atomic mass is 32.2. The number of ether oxygens (including phenoxy) is 1. The molecule has 1 aliphatic rings. The van der Waals surface area contributed by atoms with Crippen molar-refractivity contribution in [2.75, 3.05) is 26.0 Å². The van der Waals surface area contributed by atoms with Gasteiger partial charge in [-0.15, -0.1) is 0 Å². The lowest BCUT2D eigenvalue weighted by Gasteiger charge is -2.25. The van der Waals surface area contributed by atoms with Crippen LogP contribution in [0, 0.1) is 5.92 Å². The van der Waals surface area contributed by atoms with E-state index in [-0.39, 0.29) is 23.7 Å². The third-order valence-electron chi connectivity index (χ3n) is 5.76. The first-order valence-electron chi connectivity index (χ1n) is 9.79. The number of sulfone groups is 1. The van der Waals surface area contributed by atoms with E-state index in [1.165, 1.54) is 4.90 Å². The standard InChI is InChI=1S/C20H20F6N2O5S/c1-11-8-28(9-18(11,2)15-7-16(33-27-15)20(24,25)26)17(29)13-6-12(34(3,30)31)4-5-14(13)32-10-19(21,22)23/h4-7,11H,8-10H2,1-3H3/t11?,18-/m0/s1. The molecule has 188 valence electrons. The topological polar surface area (TPSA) is 89.7 Å². The van der Waals surface area contributed by atoms with Gasteiger partial charge >= 0.3 is 12.4 Å². The van der Waals surface area contributed by atoms with Gasteiger partial charge in [-0.25, -0.2) is 8.42 Å². The van der Waals surface area contributed by atoms with E-state index < -0.39 is 63.1 Å². The van der Waals surface area contributed by atoms with Crippen LogP contribution in [-0.4, -0.2) is 56.5 Å². The number of carbonyl (C=O) groups excluding carboxylic acids is 1. The van der Waals surface area contributed by atoms with Crippen molar-refractivity contribution in [3.8, 4) is 5.75 Å². The second-order valence-corrected chi connectivity index (χ2v) is 10.4. The minimum atomic E-state index is -4.75. The number of amides is 1. The van der Waals surface area contributed by atoms with Gasteiger partial charge in [0.05, 0.1) is 16.2 Å². The van der Waals surface area contributed by atoms with Crippen molar-refractivity contribution in [2.24, 2.45) is 5.92 Å². The number of aromatic nitrogens is 1. The Hall–Kier alpha value is -2.77. The van der Waals surface area contributed by atoms with Crippen LogP contribution in [0.3, 0.4) is 0 Å². The first-order valence-corrected chi connectivity index (χ1v) is 11.7. The van der Waals surface area contributed by atoms with Crippen LogP contribution in [0.15, 0.2) is 33.7 Å². The first-order chi connectivity index (χ1) is 15.4. The molecule has 1 saturated heterocycles. The molecule has 1 aliphatic heterocycles. The molecule has 0 N–H and O–H groups in total. The molecule has 1 amide bonds. The van der Waals surface area contributed by atoms with Crippen LogP contribution < -0.4 is 4.74 Å². The number of carbonyl (C=O) groups is 1. The summed E-state index contributed by atoms with van der Waals surface area (Å²) in [7, 11) is -3.81. The van der Waals surface area contributed by atoms with Crippen molar-refractivity contribution in [1.29, 1.82) is 0 Å². The maximum atomic E-state index is 13.2. The molecular formula is C20H20F6N2O5S. The largest absolute Gasteiger partial charge is 0.483 e. The maximum absolute atomic E-state index is 13.2. The van der Waals surface area contributed by atoms with Crippen LogP contribution in [0.25, 0.3) is 0 Å². The Kier molecular flexibility index (Phi) is 6.44. The molecule has 1 aromatic carbocycles. The fourth-order valence-electron chi connectivity index (χ4n) is 3.68. The second-order valence-electron chi connectivity index (χ2n) is 8.41. The zero-order valence-electron chi connectivity index (χ0n) is 18.1. The highest BCUT2D eigenvalue weighted by molar-refractivity contribution is 7.90. The molecule has 1 unspecified atom stereocenters. The van der Waals surface area contributed by atoms with E-state index in [0.29, 0.717) is 0 Å². The van der Waals surface area contributed by atoms with Crippen molar-refractivity contribution in [3.05, 3.63) is 41.3 Å². The summed E-state index contributed by atoms with van der Waals surface area (Å²) in [6.45, 7) is 1.42. The summed E-state index contributed by atoms with van der Waals surface area (Å²) < 4.78 is 110. The third-order valence-corrected chi connectivity index (χ3v) is 6.87. The Morgan fingerprint density at radius 3 is 2.41 bits per heavy atom. The van der Waals surface area contributed by atoms with E-state index in [0.717, 1.165) is 30.5 Å². The van der Waals surface area contributed by atoms with Crippen LogP contribution in [0.4, 0.5) is 26.3 Å². The lowest BCUT2D eigenvalue weighted by atomic mass is 9.78. The SMILES string of the molecule is CC1CN(C(=O)c2cc(S(C)(=O)=O)ccc2OCC(F)(F)F)C[C@]1(C)c1cc(C(F)(F)F)on1. The summed E-state index contributed by atoms with van der Waals surface area (Å²) in [5.41, 5.74) is -1.52. The molecule has 34 heavy (non-hydrogen) atoms. The molecule has 2 heterocycles. The average Bonchev–Trinajstić information content (AvgIpc) is 3.31. The van der Waals surface area contributed by atoms with Crippen molar-refractivity contribution in [3.63, 3.8) is 0 Å². The van der Waals surface area contributed by atoms with Crippen LogP contribution in [0.1, 0.15) is 35.7 Å². The highest BCUT2D eigenvalue weighted by Gasteiger charge is 2.47. The summed E-state index contributed by atoms with van der Waals surface area (Å²) in [5.74, 6) is -3.03. The van der Waals surface area contributed by atoms with E-state index >= 15 is 0 Å². The molecule has 2 aromatic rings. The number of rotatable bonds is 5. The van der Waals surface area contributed by atoms with Crippen LogP contribution in [-0.2, 0) is 21.4 Å². The number of likely N-dealkylation sites (tertiary alicyclic amines) is 1. The normalized spacial score (nSPS) is 21.7. The van der Waals surface area contributed by atoms with Gasteiger partial charge in [0.2, 0.25) is 5.76 Å². The molecule has 7 nitrogen and oxygen atoms in total. The monoisotopic (exact) mass is 514 g/mol. The molecule has 0 bridgehead atoms. The predicted octanol–water partition coefficient (Wildman–Crippen LogP) is 4.09. The highest BCUT2D eigenvalue weighted by Crippen LogP contribution is 2.41. The van der Waals surface area contributed by atoms with Gasteiger partial charge in [-0.05, 0) is 24.1 Å². The summed E-state index contributed by atoms with van der Waals surface area (Å²) in [4.78, 5) is 14.1. The van der Waals surface area contributed by atoms with Crippen LogP contribution in [0.5, 0.6) is 5.75 Å². The lowest BCUT2D eigenvalue weighted by Crippen LogP contribution is -2.34. The van der Waals surface area contributed by atoms with Crippen molar-refractivity contribution in [1.82, 2.24) is 10.1 Å². The van der Waals surface area contributed by atoms with Gasteiger partial charge in [-0.1, -0.05) is 19.0 Å². The van der Waals surface area contributed by atoms with Crippen molar-refractivity contribution in [2.45, 2.75) is 36.5 Å². The molecule has 14 heteroatoms. The van der Waals surface area contributed by atoms with Gasteiger partial charge in [0, 0.05) is 30.8 Å². The quantitative estimate of drug-likeness (QED) is 0.559. The predicted molar refractivity (Wildman–Crippen MR) is 105 cm³/mol. The number of alkyl halides is 6. The summed E-state index contributed by atoms with van der Waals surface area (Å²) in [5, 5.41) is 3.51. The van der Waals surface area contributed by atoms with Crippen LogP contribution >= 0.6 is 0 Å². The van der Waals surface area contributed by atoms with Gasteiger partial charge in [0.1, 0.15) is 5.75 Å². The number of hydrogen-bond acceptors (Lipinski definition) is 6. The van der Waals surface area contributed by atoms with Gasteiger partial charge in [-0.2, -0.15) is 26.3 Å². The molecular weight excluding hydrogens is 494 g/mol. The van der Waals surface area contributed by atoms with Crippen molar-refractivity contribution >= 4 is 15.7 Å². The molecule has 0 spiro atoms. The van der Waals surface area contributed by atoms with Gasteiger partial charge in [0.15, 0.2) is 16.4 Å². The molecule has 2 atom stereocenters. The van der Waals surface area contributed by atoms with Gasteiger partial charge < -0.3 is 14.2 Å². The Morgan fingerprint density at radius 1 is 1.24 bits per heavy atom. The van der Waals surface area contributed by atoms with E-state index in [4.69, 9.17) is 4.74 Å². The van der Waals surface area contributed by atoms with Gasteiger partial charge in [0.25, 0.3) is 5.91 Å². The van der Waals surface area contributed by atoms with E-state index in [1.54, 1.807) is 13.8 Å². The summed E-state index contributed by atoms with van der Waals surface area (Å²) >= 11 is 0. The zero-order valence-corrected chi connectivity index (χ0v) is 18.9. The molecule has 1 aromatic heterocycles. The van der Waals surface area contributed by atoms with Gasteiger partial charge in [-0.3, -0.25) is 4.79 Å². The Labute approximate surface area is 190 Å². The zero-order chi connectivity index (χ0) is 25.7. The smallest absolute Gasteiger partial charge is 0.452 e. The number of halogens is 6. The molecule has 3 rings (SSSR count). The van der Waals surface area contributed by atoms with E-state index in [1.807, 2.05) is 0 Å². The second kappa shape index (κ2) is 8.47. The third kappa shape index (κ3) is 5.31. The Bertz CT molecular complexity index is 1190. The lowest BCUT2D eigenvalue weighted by molar-refractivity contribution is -0.155. The number of benzene rings is 1. The van der Waals surface area contributed by atoms with Crippen LogP contribution in [0.2, 0.25) is 0 Å². The molecule has 0 aliphatic carbocycles. The van der Waals surface area contributed by atoms with Crippen molar-refractivity contribution < 1.29 is 48.8 Å². The minimum Gasteiger partial charge on any atom is -0.483 e. The Morgan fingerprint density at radius 2 is 1.88 bits per heavy atom. The molecule has 1 fully saturated rings. The maximum Gasteiger partial charge on any atom is 0.452 e. The number of hydrogen-bond donors (Lipinski definition) is 0. The Balaban J connectivity index is 1.95. The number of nitrogens with zero attached hydrogens (tertiary/aromatic N) is 2. The average molecular weight is 514 g/mol.